The second kappa shape index (κ2) is 4.93. The van der Waals surface area contributed by atoms with Crippen LogP contribution in [0.2, 0.25) is 0 Å². The lowest BCUT2D eigenvalue weighted by Gasteiger charge is -2.09. The number of H-pyrrole nitrogens is 1. The van der Waals surface area contributed by atoms with E-state index in [1.165, 1.54) is 6.07 Å². The molecule has 15 heavy (non-hydrogen) atoms. The molecule has 5 nitrogen and oxygen atoms in total. The standard InChI is InChI=1S/C10H17N3O2/c1-6(2)8-4-9(15)13-10(12-8)11-5-7(3)14/h4,6-7,14H,5H2,1-3H3,(H2,11,12,13,15). The summed E-state index contributed by atoms with van der Waals surface area (Å²) in [6.07, 6.45) is -0.474. The minimum absolute atomic E-state index is 0.179. The summed E-state index contributed by atoms with van der Waals surface area (Å²) in [6, 6.07) is 1.48. The van der Waals surface area contributed by atoms with Crippen molar-refractivity contribution in [3.8, 4) is 0 Å². The van der Waals surface area contributed by atoms with Crippen LogP contribution in [0.15, 0.2) is 10.9 Å². The van der Waals surface area contributed by atoms with Gasteiger partial charge >= 0.3 is 0 Å². The second-order valence-electron chi connectivity index (χ2n) is 3.90. The molecule has 0 aliphatic heterocycles. The molecule has 1 rings (SSSR count). The number of hydrogen-bond acceptors (Lipinski definition) is 4. The molecular formula is C10H17N3O2. The van der Waals surface area contributed by atoms with E-state index in [1.807, 2.05) is 13.8 Å². The summed E-state index contributed by atoms with van der Waals surface area (Å²) >= 11 is 0. The molecule has 0 saturated carbocycles. The van der Waals surface area contributed by atoms with Gasteiger partial charge in [-0.25, -0.2) is 4.98 Å². The van der Waals surface area contributed by atoms with Crippen molar-refractivity contribution in [2.45, 2.75) is 32.8 Å². The van der Waals surface area contributed by atoms with E-state index in [0.717, 1.165) is 5.69 Å². The van der Waals surface area contributed by atoms with E-state index in [9.17, 15) is 4.79 Å². The average molecular weight is 211 g/mol. The molecule has 0 aliphatic rings. The van der Waals surface area contributed by atoms with Crippen molar-refractivity contribution in [2.75, 3.05) is 11.9 Å². The first-order valence-electron chi connectivity index (χ1n) is 5.02. The highest BCUT2D eigenvalue weighted by molar-refractivity contribution is 5.26. The Kier molecular flexibility index (Phi) is 3.85. The zero-order valence-electron chi connectivity index (χ0n) is 9.24. The Balaban J connectivity index is 2.84. The van der Waals surface area contributed by atoms with Gasteiger partial charge in [-0.2, -0.15) is 0 Å². The van der Waals surface area contributed by atoms with Gasteiger partial charge in [-0.3, -0.25) is 9.78 Å². The predicted molar refractivity (Wildman–Crippen MR) is 59.1 cm³/mol. The SMILES string of the molecule is CC(O)CNc1nc(C(C)C)cc(=O)[nH]1. The van der Waals surface area contributed by atoms with Gasteiger partial charge in [0, 0.05) is 12.6 Å². The quantitative estimate of drug-likeness (QED) is 0.684. The highest BCUT2D eigenvalue weighted by atomic mass is 16.3. The third kappa shape index (κ3) is 3.71. The molecule has 0 bridgehead atoms. The molecule has 5 heteroatoms. The van der Waals surface area contributed by atoms with Gasteiger partial charge in [0.25, 0.3) is 5.56 Å². The van der Waals surface area contributed by atoms with E-state index < -0.39 is 6.10 Å². The zero-order valence-corrected chi connectivity index (χ0v) is 9.24. The molecule has 3 N–H and O–H groups in total. The molecule has 0 amide bonds. The molecule has 0 radical (unpaired) electrons. The smallest absolute Gasteiger partial charge is 0.252 e. The topological polar surface area (TPSA) is 78.0 Å². The van der Waals surface area contributed by atoms with Crippen LogP contribution in [-0.4, -0.2) is 27.7 Å². The van der Waals surface area contributed by atoms with Crippen molar-refractivity contribution in [2.24, 2.45) is 0 Å². The number of aliphatic hydroxyl groups is 1. The number of aromatic nitrogens is 2. The number of aromatic amines is 1. The molecule has 1 aromatic heterocycles. The summed E-state index contributed by atoms with van der Waals surface area (Å²) in [5.41, 5.74) is 0.564. The third-order valence-corrected chi connectivity index (χ3v) is 1.92. The summed E-state index contributed by atoms with van der Waals surface area (Å²) < 4.78 is 0. The molecule has 0 aromatic carbocycles. The molecule has 1 unspecified atom stereocenters. The molecule has 0 aliphatic carbocycles. The number of aliphatic hydroxyl groups excluding tert-OH is 1. The second-order valence-corrected chi connectivity index (χ2v) is 3.90. The van der Waals surface area contributed by atoms with Gasteiger partial charge in [0.2, 0.25) is 5.95 Å². The summed E-state index contributed by atoms with van der Waals surface area (Å²) in [5, 5.41) is 11.9. The van der Waals surface area contributed by atoms with Gasteiger partial charge in [-0.1, -0.05) is 13.8 Å². The van der Waals surface area contributed by atoms with E-state index in [0.29, 0.717) is 12.5 Å². The lowest BCUT2D eigenvalue weighted by Crippen LogP contribution is -2.20. The zero-order chi connectivity index (χ0) is 11.4. The number of anilines is 1. The Labute approximate surface area is 88.6 Å². The third-order valence-electron chi connectivity index (χ3n) is 1.92. The van der Waals surface area contributed by atoms with Gasteiger partial charge in [0.15, 0.2) is 0 Å². The number of nitrogens with one attached hydrogen (secondary N) is 2. The van der Waals surface area contributed by atoms with Crippen LogP contribution in [0.25, 0.3) is 0 Å². The van der Waals surface area contributed by atoms with Crippen LogP contribution in [0.4, 0.5) is 5.95 Å². The van der Waals surface area contributed by atoms with E-state index in [4.69, 9.17) is 5.11 Å². The summed E-state index contributed by atoms with van der Waals surface area (Å²) in [4.78, 5) is 18.1. The minimum atomic E-state index is -0.474. The van der Waals surface area contributed by atoms with Crippen molar-refractivity contribution in [1.82, 2.24) is 9.97 Å². The Morgan fingerprint density at radius 3 is 2.73 bits per heavy atom. The molecule has 1 atom stereocenters. The Bertz CT molecular complexity index is 371. The van der Waals surface area contributed by atoms with Gasteiger partial charge in [-0.05, 0) is 12.8 Å². The van der Waals surface area contributed by atoms with Crippen LogP contribution in [0.1, 0.15) is 32.4 Å². The van der Waals surface area contributed by atoms with E-state index in [1.54, 1.807) is 6.92 Å². The predicted octanol–water partition coefficient (Wildman–Crippen LogP) is 0.686. The van der Waals surface area contributed by atoms with E-state index in [-0.39, 0.29) is 11.5 Å². The van der Waals surface area contributed by atoms with Gasteiger partial charge in [0.1, 0.15) is 0 Å². The lowest BCUT2D eigenvalue weighted by atomic mass is 10.1. The van der Waals surface area contributed by atoms with Crippen LogP contribution < -0.4 is 10.9 Å². The van der Waals surface area contributed by atoms with Crippen LogP contribution >= 0.6 is 0 Å². The number of hydrogen-bond donors (Lipinski definition) is 3. The maximum Gasteiger partial charge on any atom is 0.252 e. The highest BCUT2D eigenvalue weighted by Gasteiger charge is 2.05. The number of nitrogens with zero attached hydrogens (tertiary/aromatic N) is 1. The molecular weight excluding hydrogens is 194 g/mol. The molecule has 1 heterocycles. The Morgan fingerprint density at radius 2 is 2.20 bits per heavy atom. The summed E-state index contributed by atoms with van der Waals surface area (Å²) in [7, 11) is 0. The maximum atomic E-state index is 11.3. The van der Waals surface area contributed by atoms with Crippen LogP contribution in [-0.2, 0) is 0 Å². The molecule has 0 fully saturated rings. The fraction of sp³-hybridized carbons (Fsp3) is 0.600. The van der Waals surface area contributed by atoms with Crippen LogP contribution in [0, 0.1) is 0 Å². The monoisotopic (exact) mass is 211 g/mol. The van der Waals surface area contributed by atoms with Crippen molar-refractivity contribution in [3.63, 3.8) is 0 Å². The molecule has 0 spiro atoms. The fourth-order valence-electron chi connectivity index (χ4n) is 1.10. The minimum Gasteiger partial charge on any atom is -0.392 e. The lowest BCUT2D eigenvalue weighted by molar-refractivity contribution is 0.208. The summed E-state index contributed by atoms with van der Waals surface area (Å²) in [6.45, 7) is 5.97. The largest absolute Gasteiger partial charge is 0.392 e. The first-order chi connectivity index (χ1) is 6.99. The van der Waals surface area contributed by atoms with Crippen LogP contribution in [0.5, 0.6) is 0 Å². The molecule has 1 aromatic rings. The number of rotatable bonds is 4. The summed E-state index contributed by atoms with van der Waals surface area (Å²) in [5.74, 6) is 0.617. The normalized spacial score (nSPS) is 12.9. The van der Waals surface area contributed by atoms with Crippen LogP contribution in [0.3, 0.4) is 0 Å². The fourth-order valence-corrected chi connectivity index (χ4v) is 1.10. The van der Waals surface area contributed by atoms with E-state index in [2.05, 4.69) is 15.3 Å². The van der Waals surface area contributed by atoms with Gasteiger partial charge in [-0.15, -0.1) is 0 Å². The first kappa shape index (κ1) is 11.7. The van der Waals surface area contributed by atoms with Crippen molar-refractivity contribution in [3.05, 3.63) is 22.1 Å². The van der Waals surface area contributed by atoms with Crippen molar-refractivity contribution < 1.29 is 5.11 Å². The maximum absolute atomic E-state index is 11.3. The molecule has 84 valence electrons. The van der Waals surface area contributed by atoms with Crippen molar-refractivity contribution >= 4 is 5.95 Å². The van der Waals surface area contributed by atoms with Crippen molar-refractivity contribution in [1.29, 1.82) is 0 Å². The van der Waals surface area contributed by atoms with Gasteiger partial charge < -0.3 is 10.4 Å². The average Bonchev–Trinajstić information content (AvgIpc) is 2.13. The van der Waals surface area contributed by atoms with E-state index >= 15 is 0 Å². The Morgan fingerprint density at radius 1 is 1.53 bits per heavy atom. The van der Waals surface area contributed by atoms with Gasteiger partial charge in [0.05, 0.1) is 11.8 Å². The first-order valence-corrected chi connectivity index (χ1v) is 5.02. The Hall–Kier alpha value is -1.36. The molecule has 0 saturated heterocycles. The highest BCUT2D eigenvalue weighted by Crippen LogP contribution is 2.09.